The summed E-state index contributed by atoms with van der Waals surface area (Å²) in [5.41, 5.74) is 1.35. The van der Waals surface area contributed by atoms with Crippen LogP contribution in [-0.4, -0.2) is 62.1 Å². The van der Waals surface area contributed by atoms with Crippen LogP contribution in [0.15, 0.2) is 11.6 Å². The van der Waals surface area contributed by atoms with Crippen LogP contribution in [0.2, 0.25) is 0 Å². The second kappa shape index (κ2) is 6.66. The molecule has 92 valence electrons. The molecule has 4 heteroatoms. The summed E-state index contributed by atoms with van der Waals surface area (Å²) in [6.45, 7) is 8.97. The molecule has 0 aliphatic carbocycles. The SMILES string of the molecule is COCC(=O)N1CCN(CC=C(C)C)CC1. The van der Waals surface area contributed by atoms with Crippen LogP contribution in [-0.2, 0) is 9.53 Å². The lowest BCUT2D eigenvalue weighted by atomic mass is 10.2. The van der Waals surface area contributed by atoms with E-state index >= 15 is 0 Å². The van der Waals surface area contributed by atoms with Crippen molar-refractivity contribution in [2.45, 2.75) is 13.8 Å². The van der Waals surface area contributed by atoms with Crippen LogP contribution < -0.4 is 0 Å². The molecule has 1 heterocycles. The largest absolute Gasteiger partial charge is 0.375 e. The maximum absolute atomic E-state index is 11.5. The lowest BCUT2D eigenvalue weighted by Gasteiger charge is -2.34. The average Bonchev–Trinajstić information content (AvgIpc) is 2.27. The van der Waals surface area contributed by atoms with Crippen LogP contribution >= 0.6 is 0 Å². The van der Waals surface area contributed by atoms with Crippen LogP contribution in [0.1, 0.15) is 13.8 Å². The Hall–Kier alpha value is -0.870. The van der Waals surface area contributed by atoms with Crippen molar-refractivity contribution in [3.8, 4) is 0 Å². The number of carbonyl (C=O) groups excluding carboxylic acids is 1. The minimum absolute atomic E-state index is 0.101. The molecule has 0 atom stereocenters. The molecule has 0 spiro atoms. The first-order valence-electron chi connectivity index (χ1n) is 5.76. The van der Waals surface area contributed by atoms with Gasteiger partial charge in [0.1, 0.15) is 6.61 Å². The molecule has 1 amide bonds. The Morgan fingerprint density at radius 3 is 2.38 bits per heavy atom. The molecule has 0 aromatic rings. The van der Waals surface area contributed by atoms with E-state index in [0.717, 1.165) is 32.7 Å². The molecular formula is C12H22N2O2. The van der Waals surface area contributed by atoms with E-state index < -0.39 is 0 Å². The summed E-state index contributed by atoms with van der Waals surface area (Å²) in [7, 11) is 1.56. The van der Waals surface area contributed by atoms with Gasteiger partial charge in [-0.3, -0.25) is 9.69 Å². The molecule has 1 aliphatic rings. The van der Waals surface area contributed by atoms with Gasteiger partial charge in [0, 0.05) is 39.8 Å². The van der Waals surface area contributed by atoms with Crippen molar-refractivity contribution < 1.29 is 9.53 Å². The van der Waals surface area contributed by atoms with Crippen molar-refractivity contribution in [1.29, 1.82) is 0 Å². The molecule has 0 bridgehead atoms. The average molecular weight is 226 g/mol. The smallest absolute Gasteiger partial charge is 0.248 e. The van der Waals surface area contributed by atoms with Crippen molar-refractivity contribution in [3.05, 3.63) is 11.6 Å². The zero-order valence-electron chi connectivity index (χ0n) is 10.5. The van der Waals surface area contributed by atoms with E-state index in [1.54, 1.807) is 7.11 Å². The van der Waals surface area contributed by atoms with E-state index in [4.69, 9.17) is 4.74 Å². The third kappa shape index (κ3) is 4.33. The number of carbonyl (C=O) groups is 1. The Bertz CT molecular complexity index is 252. The van der Waals surface area contributed by atoms with E-state index in [-0.39, 0.29) is 12.5 Å². The van der Waals surface area contributed by atoms with Gasteiger partial charge in [0.2, 0.25) is 5.91 Å². The van der Waals surface area contributed by atoms with Crippen LogP contribution in [0.3, 0.4) is 0 Å². The van der Waals surface area contributed by atoms with Gasteiger partial charge in [0.25, 0.3) is 0 Å². The van der Waals surface area contributed by atoms with E-state index in [1.165, 1.54) is 5.57 Å². The van der Waals surface area contributed by atoms with Gasteiger partial charge in [-0.15, -0.1) is 0 Å². The molecule has 0 unspecified atom stereocenters. The molecule has 0 aromatic carbocycles. The van der Waals surface area contributed by atoms with E-state index in [9.17, 15) is 4.79 Å². The van der Waals surface area contributed by atoms with Crippen LogP contribution in [0.5, 0.6) is 0 Å². The summed E-state index contributed by atoms with van der Waals surface area (Å²) in [6.07, 6.45) is 2.23. The molecule has 0 N–H and O–H groups in total. The lowest BCUT2D eigenvalue weighted by molar-refractivity contribution is -0.136. The van der Waals surface area contributed by atoms with Gasteiger partial charge in [-0.2, -0.15) is 0 Å². The third-order valence-electron chi connectivity index (χ3n) is 2.75. The normalized spacial score (nSPS) is 17.3. The fourth-order valence-electron chi connectivity index (χ4n) is 1.71. The van der Waals surface area contributed by atoms with Crippen LogP contribution in [0.25, 0.3) is 0 Å². The molecule has 1 fully saturated rings. The molecule has 16 heavy (non-hydrogen) atoms. The number of hydrogen-bond donors (Lipinski definition) is 0. The Kier molecular flexibility index (Phi) is 5.49. The van der Waals surface area contributed by atoms with Gasteiger partial charge in [0.05, 0.1) is 0 Å². The van der Waals surface area contributed by atoms with Crippen LogP contribution in [0.4, 0.5) is 0 Å². The van der Waals surface area contributed by atoms with Crippen molar-refractivity contribution in [1.82, 2.24) is 9.80 Å². The summed E-state index contributed by atoms with van der Waals surface area (Å²) < 4.78 is 4.85. The predicted molar refractivity (Wildman–Crippen MR) is 64.3 cm³/mol. The first kappa shape index (κ1) is 13.2. The third-order valence-corrected chi connectivity index (χ3v) is 2.75. The highest BCUT2D eigenvalue weighted by Gasteiger charge is 2.19. The number of methoxy groups -OCH3 is 1. The fraction of sp³-hybridized carbons (Fsp3) is 0.750. The van der Waals surface area contributed by atoms with E-state index in [0.29, 0.717) is 0 Å². The van der Waals surface area contributed by atoms with Gasteiger partial charge in [-0.1, -0.05) is 11.6 Å². The number of hydrogen-bond acceptors (Lipinski definition) is 3. The van der Waals surface area contributed by atoms with Crippen molar-refractivity contribution in [2.24, 2.45) is 0 Å². The number of ether oxygens (including phenoxy) is 1. The minimum atomic E-state index is 0.101. The van der Waals surface area contributed by atoms with Gasteiger partial charge in [-0.05, 0) is 13.8 Å². The number of piperazine rings is 1. The Balaban J connectivity index is 2.28. The number of allylic oxidation sites excluding steroid dienone is 1. The molecule has 0 saturated carbocycles. The molecule has 0 radical (unpaired) electrons. The highest BCUT2D eigenvalue weighted by molar-refractivity contribution is 5.77. The molecule has 4 nitrogen and oxygen atoms in total. The van der Waals surface area contributed by atoms with Gasteiger partial charge < -0.3 is 9.64 Å². The number of nitrogens with zero attached hydrogens (tertiary/aromatic N) is 2. The standard InChI is InChI=1S/C12H22N2O2/c1-11(2)4-5-13-6-8-14(9-7-13)12(15)10-16-3/h4H,5-10H2,1-3H3. The molecule has 0 aromatic heterocycles. The van der Waals surface area contributed by atoms with Crippen molar-refractivity contribution in [3.63, 3.8) is 0 Å². The summed E-state index contributed by atoms with van der Waals surface area (Å²) in [5, 5.41) is 0. The lowest BCUT2D eigenvalue weighted by Crippen LogP contribution is -2.49. The number of rotatable bonds is 4. The van der Waals surface area contributed by atoms with E-state index in [1.807, 2.05) is 4.90 Å². The minimum Gasteiger partial charge on any atom is -0.375 e. The second-order valence-electron chi connectivity index (χ2n) is 4.40. The quantitative estimate of drug-likeness (QED) is 0.663. The Morgan fingerprint density at radius 1 is 1.25 bits per heavy atom. The first-order chi connectivity index (χ1) is 7.63. The topological polar surface area (TPSA) is 32.8 Å². The highest BCUT2D eigenvalue weighted by Crippen LogP contribution is 2.03. The highest BCUT2D eigenvalue weighted by atomic mass is 16.5. The summed E-state index contributed by atoms with van der Waals surface area (Å²) in [4.78, 5) is 15.8. The van der Waals surface area contributed by atoms with Crippen molar-refractivity contribution >= 4 is 5.91 Å². The number of amides is 1. The zero-order chi connectivity index (χ0) is 12.0. The molecule has 1 aliphatic heterocycles. The molecule has 1 saturated heterocycles. The van der Waals surface area contributed by atoms with Crippen LogP contribution in [0, 0.1) is 0 Å². The molecule has 1 rings (SSSR count). The zero-order valence-corrected chi connectivity index (χ0v) is 10.5. The van der Waals surface area contributed by atoms with Crippen molar-refractivity contribution in [2.75, 3.05) is 46.4 Å². The predicted octanol–water partition coefficient (Wildman–Crippen LogP) is 0.743. The maximum Gasteiger partial charge on any atom is 0.248 e. The summed E-state index contributed by atoms with van der Waals surface area (Å²) in [5.74, 6) is 0.101. The Morgan fingerprint density at radius 2 is 1.88 bits per heavy atom. The fourth-order valence-corrected chi connectivity index (χ4v) is 1.71. The summed E-state index contributed by atoms with van der Waals surface area (Å²) >= 11 is 0. The molecular weight excluding hydrogens is 204 g/mol. The van der Waals surface area contributed by atoms with Gasteiger partial charge in [0.15, 0.2) is 0 Å². The monoisotopic (exact) mass is 226 g/mol. The maximum atomic E-state index is 11.5. The first-order valence-corrected chi connectivity index (χ1v) is 5.76. The van der Waals surface area contributed by atoms with Gasteiger partial charge in [-0.25, -0.2) is 0 Å². The van der Waals surface area contributed by atoms with Gasteiger partial charge >= 0.3 is 0 Å². The summed E-state index contributed by atoms with van der Waals surface area (Å²) in [6, 6.07) is 0. The second-order valence-corrected chi connectivity index (χ2v) is 4.40. The Labute approximate surface area is 97.9 Å². The van der Waals surface area contributed by atoms with E-state index in [2.05, 4.69) is 24.8 Å².